The van der Waals surface area contributed by atoms with E-state index in [9.17, 15) is 4.79 Å². The summed E-state index contributed by atoms with van der Waals surface area (Å²) in [6, 6.07) is -0.705. The van der Waals surface area contributed by atoms with Gasteiger partial charge in [-0.05, 0) is 11.6 Å². The summed E-state index contributed by atoms with van der Waals surface area (Å²) in [6.45, 7) is 0. The van der Waals surface area contributed by atoms with Crippen LogP contribution in [0.5, 0.6) is 0 Å². The van der Waals surface area contributed by atoms with Crippen LogP contribution in [-0.2, 0) is 4.79 Å². The summed E-state index contributed by atoms with van der Waals surface area (Å²) in [6.07, 6.45) is 0. The van der Waals surface area contributed by atoms with Crippen molar-refractivity contribution in [3.8, 4) is 0 Å². The van der Waals surface area contributed by atoms with Gasteiger partial charge in [-0.15, -0.1) is 11.6 Å². The van der Waals surface area contributed by atoms with Crippen molar-refractivity contribution in [2.75, 3.05) is 5.88 Å². The molecule has 2 N–H and O–H groups in total. The van der Waals surface area contributed by atoms with E-state index >= 15 is 0 Å². The molecule has 0 saturated carbocycles. The van der Waals surface area contributed by atoms with E-state index in [1.807, 2.05) is 0 Å². The molecular formula is C3H5Cl2NO. The van der Waals surface area contributed by atoms with Crippen LogP contribution in [0.3, 0.4) is 0 Å². The molecule has 0 spiro atoms. The van der Waals surface area contributed by atoms with Crippen molar-refractivity contribution < 1.29 is 4.79 Å². The predicted octanol–water partition coefficient (Wildman–Crippen LogP) is 0.318. The molecule has 0 aliphatic carbocycles. The van der Waals surface area contributed by atoms with Crippen LogP contribution in [0.1, 0.15) is 0 Å². The number of carbonyl (C=O) groups is 1. The van der Waals surface area contributed by atoms with Gasteiger partial charge < -0.3 is 5.73 Å². The van der Waals surface area contributed by atoms with Gasteiger partial charge in [0.05, 0.1) is 6.04 Å². The zero-order valence-electron chi connectivity index (χ0n) is 3.53. The Morgan fingerprint density at radius 3 is 2.29 bits per heavy atom. The van der Waals surface area contributed by atoms with E-state index in [2.05, 4.69) is 0 Å². The van der Waals surface area contributed by atoms with Gasteiger partial charge in [-0.3, -0.25) is 4.79 Å². The van der Waals surface area contributed by atoms with Crippen LogP contribution in [-0.4, -0.2) is 17.2 Å². The molecule has 0 saturated heterocycles. The van der Waals surface area contributed by atoms with Crippen molar-refractivity contribution in [2.24, 2.45) is 5.73 Å². The SMILES string of the molecule is N[C@H](CCl)C(=O)Cl. The molecule has 0 fully saturated rings. The van der Waals surface area contributed by atoms with E-state index in [1.165, 1.54) is 0 Å². The van der Waals surface area contributed by atoms with Crippen LogP contribution in [0.15, 0.2) is 0 Å². The minimum Gasteiger partial charge on any atom is -0.319 e. The van der Waals surface area contributed by atoms with Crippen molar-refractivity contribution in [1.29, 1.82) is 0 Å². The molecule has 0 aromatic heterocycles. The van der Waals surface area contributed by atoms with Gasteiger partial charge in [0.25, 0.3) is 0 Å². The van der Waals surface area contributed by atoms with E-state index in [0.29, 0.717) is 0 Å². The summed E-state index contributed by atoms with van der Waals surface area (Å²) < 4.78 is 0. The molecule has 1 atom stereocenters. The lowest BCUT2D eigenvalue weighted by atomic mass is 10.4. The zero-order chi connectivity index (χ0) is 5.86. The third-order valence-corrected chi connectivity index (χ3v) is 1.07. The van der Waals surface area contributed by atoms with E-state index in [0.717, 1.165) is 0 Å². The molecule has 0 aromatic rings. The molecule has 7 heavy (non-hydrogen) atoms. The number of hydrogen-bond acceptors (Lipinski definition) is 2. The smallest absolute Gasteiger partial charge is 0.239 e. The van der Waals surface area contributed by atoms with Gasteiger partial charge in [0.15, 0.2) is 0 Å². The molecule has 0 bridgehead atoms. The van der Waals surface area contributed by atoms with Crippen molar-refractivity contribution in [3.05, 3.63) is 0 Å². The Morgan fingerprint density at radius 2 is 2.29 bits per heavy atom. The highest BCUT2D eigenvalue weighted by Crippen LogP contribution is 1.88. The molecule has 0 heterocycles. The normalized spacial score (nSPS) is 13.6. The van der Waals surface area contributed by atoms with E-state index < -0.39 is 11.3 Å². The van der Waals surface area contributed by atoms with E-state index in [4.69, 9.17) is 28.9 Å². The summed E-state index contributed by atoms with van der Waals surface area (Å²) >= 11 is 10.00. The highest BCUT2D eigenvalue weighted by molar-refractivity contribution is 6.65. The third-order valence-electron chi connectivity index (χ3n) is 0.458. The van der Waals surface area contributed by atoms with E-state index in [1.54, 1.807) is 0 Å². The minimum atomic E-state index is -0.705. The average Bonchev–Trinajstić information content (AvgIpc) is 1.65. The van der Waals surface area contributed by atoms with E-state index in [-0.39, 0.29) is 5.88 Å². The number of hydrogen-bond donors (Lipinski definition) is 1. The van der Waals surface area contributed by atoms with Gasteiger partial charge in [-0.1, -0.05) is 0 Å². The first-order chi connectivity index (χ1) is 3.18. The van der Waals surface area contributed by atoms with Crippen molar-refractivity contribution in [2.45, 2.75) is 6.04 Å². The second kappa shape index (κ2) is 3.24. The Morgan fingerprint density at radius 1 is 1.86 bits per heavy atom. The molecule has 2 nitrogen and oxygen atoms in total. The van der Waals surface area contributed by atoms with Crippen LogP contribution in [0.4, 0.5) is 0 Å². The quantitative estimate of drug-likeness (QED) is 0.445. The van der Waals surface area contributed by atoms with Crippen LogP contribution in [0.25, 0.3) is 0 Å². The third kappa shape index (κ3) is 2.85. The van der Waals surface area contributed by atoms with Gasteiger partial charge in [0.2, 0.25) is 5.24 Å². The summed E-state index contributed by atoms with van der Waals surface area (Å²) in [5.74, 6) is 0.0856. The summed E-state index contributed by atoms with van der Waals surface area (Å²) in [5.41, 5.74) is 5.00. The first-order valence-corrected chi connectivity index (χ1v) is 2.60. The fourth-order valence-corrected chi connectivity index (χ4v) is 0.357. The fraction of sp³-hybridized carbons (Fsp3) is 0.667. The Kier molecular flexibility index (Phi) is 3.34. The van der Waals surface area contributed by atoms with Gasteiger partial charge in [-0.25, -0.2) is 0 Å². The lowest BCUT2D eigenvalue weighted by Gasteiger charge is -1.95. The lowest BCUT2D eigenvalue weighted by Crippen LogP contribution is -2.28. The highest BCUT2D eigenvalue weighted by Gasteiger charge is 2.06. The Bertz CT molecular complexity index is 75.3. The Hall–Kier alpha value is 0.210. The second-order valence-corrected chi connectivity index (χ2v) is 1.75. The minimum absolute atomic E-state index is 0.0856. The molecule has 4 heteroatoms. The zero-order valence-corrected chi connectivity index (χ0v) is 5.04. The molecule has 0 aliphatic heterocycles. The van der Waals surface area contributed by atoms with Crippen LogP contribution in [0, 0.1) is 0 Å². The first-order valence-electron chi connectivity index (χ1n) is 1.69. The highest BCUT2D eigenvalue weighted by atomic mass is 35.5. The first kappa shape index (κ1) is 7.21. The van der Waals surface area contributed by atoms with Crippen molar-refractivity contribution in [3.63, 3.8) is 0 Å². The topological polar surface area (TPSA) is 43.1 Å². The maximum atomic E-state index is 9.93. The molecule has 0 rings (SSSR count). The molecule has 0 aliphatic rings. The van der Waals surface area contributed by atoms with Crippen LogP contribution in [0.2, 0.25) is 0 Å². The summed E-state index contributed by atoms with van der Waals surface area (Å²) in [5, 5.41) is -0.588. The molecule has 0 unspecified atom stereocenters. The number of rotatable bonds is 2. The van der Waals surface area contributed by atoms with Crippen LogP contribution >= 0.6 is 23.2 Å². The molecular weight excluding hydrogens is 137 g/mol. The summed E-state index contributed by atoms with van der Waals surface area (Å²) in [4.78, 5) is 9.93. The second-order valence-electron chi connectivity index (χ2n) is 1.06. The van der Waals surface area contributed by atoms with Gasteiger partial charge in [-0.2, -0.15) is 0 Å². The van der Waals surface area contributed by atoms with Gasteiger partial charge in [0.1, 0.15) is 0 Å². The number of nitrogens with two attached hydrogens (primary N) is 1. The monoisotopic (exact) mass is 141 g/mol. The molecule has 42 valence electrons. The largest absolute Gasteiger partial charge is 0.319 e. The Balaban J connectivity index is 3.34. The predicted molar refractivity (Wildman–Crippen MR) is 29.6 cm³/mol. The molecule has 0 amide bonds. The van der Waals surface area contributed by atoms with Gasteiger partial charge in [0, 0.05) is 5.88 Å². The maximum Gasteiger partial charge on any atom is 0.239 e. The number of carbonyl (C=O) groups excluding carboxylic acids is 1. The molecule has 0 aromatic carbocycles. The molecule has 0 radical (unpaired) electrons. The number of alkyl halides is 1. The van der Waals surface area contributed by atoms with Crippen molar-refractivity contribution >= 4 is 28.4 Å². The van der Waals surface area contributed by atoms with Crippen LogP contribution < -0.4 is 5.73 Å². The average molecular weight is 142 g/mol. The number of halogens is 2. The fourth-order valence-electron chi connectivity index (χ4n) is 0.0607. The maximum absolute atomic E-state index is 9.93. The van der Waals surface area contributed by atoms with Crippen molar-refractivity contribution in [1.82, 2.24) is 0 Å². The summed E-state index contributed by atoms with van der Waals surface area (Å²) in [7, 11) is 0. The van der Waals surface area contributed by atoms with Gasteiger partial charge >= 0.3 is 0 Å². The lowest BCUT2D eigenvalue weighted by molar-refractivity contribution is -0.112. The standard InChI is InChI=1S/C3H5Cl2NO/c4-1-2(6)3(5)7/h2H,1,6H2/t2-/m1/s1. The Labute approximate surface area is 51.6 Å².